The Balaban J connectivity index is 2.38. The molecule has 1 heterocycles. The molecule has 1 aromatic heterocycles. The standard InChI is InChI=1S/C11H15N5O3S2/c1-6(2)16-10(17)14-15-11(16)20-7-3-4-9(8(12)5-7)21(13,18)19/h3-6H,12H2,1-2H3,(H,14,17)(H2,13,18,19). The number of nitrogens with zero attached hydrogens (tertiary/aromatic N) is 2. The minimum Gasteiger partial charge on any atom is -0.398 e. The molecule has 2 rings (SSSR count). The number of anilines is 1. The molecule has 0 radical (unpaired) electrons. The number of nitrogens with two attached hydrogens (primary N) is 2. The van der Waals surface area contributed by atoms with Crippen LogP contribution in [0.3, 0.4) is 0 Å². The number of primary sulfonamides is 1. The second-order valence-electron chi connectivity index (χ2n) is 4.62. The molecule has 5 N–H and O–H groups in total. The van der Waals surface area contributed by atoms with Crippen LogP contribution in [-0.2, 0) is 10.0 Å². The summed E-state index contributed by atoms with van der Waals surface area (Å²) in [6.45, 7) is 3.72. The van der Waals surface area contributed by atoms with Crippen LogP contribution in [0.4, 0.5) is 5.69 Å². The van der Waals surface area contributed by atoms with Gasteiger partial charge in [-0.3, -0.25) is 4.57 Å². The summed E-state index contributed by atoms with van der Waals surface area (Å²) >= 11 is 1.20. The van der Waals surface area contributed by atoms with Crippen LogP contribution in [0.25, 0.3) is 0 Å². The molecule has 0 bridgehead atoms. The number of aromatic nitrogens is 3. The van der Waals surface area contributed by atoms with E-state index in [9.17, 15) is 13.2 Å². The van der Waals surface area contributed by atoms with Crippen molar-refractivity contribution in [1.29, 1.82) is 0 Å². The van der Waals surface area contributed by atoms with E-state index in [0.29, 0.717) is 10.1 Å². The summed E-state index contributed by atoms with van der Waals surface area (Å²) < 4.78 is 24.1. The van der Waals surface area contributed by atoms with Gasteiger partial charge in [-0.15, -0.1) is 5.10 Å². The Labute approximate surface area is 125 Å². The lowest BCUT2D eigenvalue weighted by atomic mass is 10.3. The quantitative estimate of drug-likeness (QED) is 0.700. The molecule has 0 fully saturated rings. The van der Waals surface area contributed by atoms with Gasteiger partial charge in [0.05, 0.1) is 5.69 Å². The van der Waals surface area contributed by atoms with Gasteiger partial charge in [-0.25, -0.2) is 23.4 Å². The molecule has 0 atom stereocenters. The van der Waals surface area contributed by atoms with E-state index in [2.05, 4.69) is 10.2 Å². The molecule has 0 aliphatic carbocycles. The molecule has 0 spiro atoms. The van der Waals surface area contributed by atoms with E-state index in [1.54, 1.807) is 6.07 Å². The summed E-state index contributed by atoms with van der Waals surface area (Å²) in [6, 6.07) is 4.32. The summed E-state index contributed by atoms with van der Waals surface area (Å²) in [4.78, 5) is 12.2. The van der Waals surface area contributed by atoms with Crippen molar-refractivity contribution in [2.75, 3.05) is 5.73 Å². The molecular weight excluding hydrogens is 314 g/mol. The number of hydrogen-bond donors (Lipinski definition) is 3. The van der Waals surface area contributed by atoms with Crippen molar-refractivity contribution in [1.82, 2.24) is 14.8 Å². The van der Waals surface area contributed by atoms with Crippen LogP contribution in [0.5, 0.6) is 0 Å². The normalized spacial score (nSPS) is 12.0. The van der Waals surface area contributed by atoms with Crippen LogP contribution >= 0.6 is 11.8 Å². The molecule has 0 aliphatic heterocycles. The Hall–Kier alpha value is -1.78. The van der Waals surface area contributed by atoms with E-state index in [1.807, 2.05) is 13.8 Å². The molecule has 21 heavy (non-hydrogen) atoms. The maximum Gasteiger partial charge on any atom is 0.344 e. The summed E-state index contributed by atoms with van der Waals surface area (Å²) in [5.41, 5.74) is 5.44. The zero-order valence-electron chi connectivity index (χ0n) is 11.4. The molecule has 0 aliphatic rings. The predicted molar refractivity (Wildman–Crippen MR) is 79.6 cm³/mol. The van der Waals surface area contributed by atoms with Crippen LogP contribution < -0.4 is 16.6 Å². The van der Waals surface area contributed by atoms with Gasteiger partial charge in [0.25, 0.3) is 0 Å². The zero-order chi connectivity index (χ0) is 15.8. The lowest BCUT2D eigenvalue weighted by Gasteiger charge is -2.09. The van der Waals surface area contributed by atoms with Crippen molar-refractivity contribution in [3.05, 3.63) is 28.7 Å². The maximum atomic E-state index is 11.6. The zero-order valence-corrected chi connectivity index (χ0v) is 13.0. The topological polar surface area (TPSA) is 137 Å². The van der Waals surface area contributed by atoms with E-state index >= 15 is 0 Å². The van der Waals surface area contributed by atoms with Gasteiger partial charge in [0, 0.05) is 10.9 Å². The van der Waals surface area contributed by atoms with Crippen LogP contribution in [0.1, 0.15) is 19.9 Å². The van der Waals surface area contributed by atoms with Crippen molar-refractivity contribution < 1.29 is 8.42 Å². The number of H-pyrrole nitrogens is 1. The van der Waals surface area contributed by atoms with E-state index in [-0.39, 0.29) is 22.3 Å². The number of aromatic amines is 1. The molecule has 0 saturated heterocycles. The average molecular weight is 329 g/mol. The molecule has 0 unspecified atom stereocenters. The number of rotatable bonds is 4. The fraction of sp³-hybridized carbons (Fsp3) is 0.273. The Morgan fingerprint density at radius 2 is 2.05 bits per heavy atom. The largest absolute Gasteiger partial charge is 0.398 e. The van der Waals surface area contributed by atoms with Gasteiger partial charge in [0.15, 0.2) is 5.16 Å². The third kappa shape index (κ3) is 3.28. The Kier molecular flexibility index (Phi) is 4.12. The van der Waals surface area contributed by atoms with Gasteiger partial charge in [-0.2, -0.15) is 0 Å². The van der Waals surface area contributed by atoms with Crippen molar-refractivity contribution in [3.8, 4) is 0 Å². The van der Waals surface area contributed by atoms with Gasteiger partial charge in [-0.05, 0) is 43.8 Å². The Morgan fingerprint density at radius 1 is 1.38 bits per heavy atom. The summed E-state index contributed by atoms with van der Waals surface area (Å²) in [5.74, 6) is 0. The van der Waals surface area contributed by atoms with Crippen molar-refractivity contribution >= 4 is 27.5 Å². The average Bonchev–Trinajstić information content (AvgIpc) is 2.68. The summed E-state index contributed by atoms with van der Waals surface area (Å²) in [7, 11) is -3.85. The predicted octanol–water partition coefficient (Wildman–Crippen LogP) is 0.533. The van der Waals surface area contributed by atoms with Crippen molar-refractivity contribution in [2.45, 2.75) is 34.8 Å². The van der Waals surface area contributed by atoms with E-state index in [4.69, 9.17) is 10.9 Å². The highest BCUT2D eigenvalue weighted by atomic mass is 32.2. The first-order valence-electron chi connectivity index (χ1n) is 5.97. The van der Waals surface area contributed by atoms with Crippen LogP contribution in [0.2, 0.25) is 0 Å². The minimum absolute atomic E-state index is 0.0523. The minimum atomic E-state index is -3.85. The van der Waals surface area contributed by atoms with E-state index in [0.717, 1.165) is 0 Å². The highest BCUT2D eigenvalue weighted by Crippen LogP contribution is 2.30. The number of nitrogens with one attached hydrogen (secondary N) is 1. The third-order valence-electron chi connectivity index (χ3n) is 2.69. The van der Waals surface area contributed by atoms with E-state index in [1.165, 1.54) is 28.5 Å². The lowest BCUT2D eigenvalue weighted by Crippen LogP contribution is -2.19. The van der Waals surface area contributed by atoms with Crippen LogP contribution in [0.15, 0.2) is 37.9 Å². The molecule has 114 valence electrons. The maximum absolute atomic E-state index is 11.6. The number of nitrogen functional groups attached to an aromatic ring is 1. The second kappa shape index (κ2) is 5.54. The second-order valence-corrected chi connectivity index (χ2v) is 7.19. The van der Waals surface area contributed by atoms with Gasteiger partial charge >= 0.3 is 5.69 Å². The van der Waals surface area contributed by atoms with Gasteiger partial charge in [0.1, 0.15) is 4.90 Å². The van der Waals surface area contributed by atoms with Gasteiger partial charge < -0.3 is 5.73 Å². The van der Waals surface area contributed by atoms with E-state index < -0.39 is 10.0 Å². The lowest BCUT2D eigenvalue weighted by molar-refractivity contribution is 0.534. The Bertz CT molecular complexity index is 823. The van der Waals surface area contributed by atoms with Crippen LogP contribution in [0, 0.1) is 0 Å². The monoisotopic (exact) mass is 329 g/mol. The first-order chi connectivity index (χ1) is 9.70. The molecule has 0 saturated carbocycles. The highest BCUT2D eigenvalue weighted by molar-refractivity contribution is 7.99. The molecule has 1 aromatic carbocycles. The number of sulfonamides is 1. The molecule has 10 heteroatoms. The highest BCUT2D eigenvalue weighted by Gasteiger charge is 2.16. The third-order valence-corrected chi connectivity index (χ3v) is 4.63. The first kappa shape index (κ1) is 15.6. The van der Waals surface area contributed by atoms with Crippen molar-refractivity contribution in [3.63, 3.8) is 0 Å². The number of hydrogen-bond acceptors (Lipinski definition) is 6. The first-order valence-corrected chi connectivity index (χ1v) is 8.33. The summed E-state index contributed by atoms with van der Waals surface area (Å²) in [6.07, 6.45) is 0. The van der Waals surface area contributed by atoms with Crippen molar-refractivity contribution in [2.24, 2.45) is 5.14 Å². The molecule has 0 amide bonds. The van der Waals surface area contributed by atoms with Crippen LogP contribution in [-0.4, -0.2) is 23.2 Å². The Morgan fingerprint density at radius 3 is 2.57 bits per heavy atom. The molecule has 8 nitrogen and oxygen atoms in total. The summed E-state index contributed by atoms with van der Waals surface area (Å²) in [5, 5.41) is 11.8. The fourth-order valence-corrected chi connectivity index (χ4v) is 3.43. The van der Waals surface area contributed by atoms with Gasteiger partial charge in [-0.1, -0.05) is 0 Å². The number of benzene rings is 1. The SMILES string of the molecule is CC(C)n1c(Sc2ccc(S(N)(=O)=O)c(N)c2)n[nH]c1=O. The van der Waals surface area contributed by atoms with Gasteiger partial charge in [0.2, 0.25) is 10.0 Å². The fourth-order valence-electron chi connectivity index (χ4n) is 1.77. The molecular formula is C11H15N5O3S2. The molecule has 2 aromatic rings. The smallest absolute Gasteiger partial charge is 0.344 e.